The molecule has 1 aliphatic rings. The molecule has 0 amide bonds. The monoisotopic (exact) mass is 404 g/mol. The fraction of sp³-hybridized carbons (Fsp3) is 0.364. The van der Waals surface area contributed by atoms with E-state index in [9.17, 15) is 0 Å². The third kappa shape index (κ3) is 4.27. The summed E-state index contributed by atoms with van der Waals surface area (Å²) in [5, 5.41) is 4.71. The van der Waals surface area contributed by atoms with E-state index in [0.29, 0.717) is 6.54 Å². The van der Waals surface area contributed by atoms with Gasteiger partial charge in [-0.25, -0.2) is 15.0 Å². The zero-order chi connectivity index (χ0) is 20.9. The number of pyridine rings is 1. The lowest BCUT2D eigenvalue weighted by Gasteiger charge is -2.36. The van der Waals surface area contributed by atoms with Crippen LogP contribution in [0.4, 0.5) is 11.8 Å². The van der Waals surface area contributed by atoms with Gasteiger partial charge in [0.05, 0.1) is 5.52 Å². The van der Waals surface area contributed by atoms with Crippen molar-refractivity contribution in [3.8, 4) is 0 Å². The van der Waals surface area contributed by atoms with Crippen molar-refractivity contribution < 1.29 is 0 Å². The summed E-state index contributed by atoms with van der Waals surface area (Å²) < 4.78 is 0. The lowest BCUT2D eigenvalue weighted by molar-refractivity contribution is 0.370. The highest BCUT2D eigenvalue weighted by molar-refractivity contribution is 5.85. The maximum atomic E-state index is 4.75. The molecule has 0 saturated carbocycles. The van der Waals surface area contributed by atoms with Gasteiger partial charge in [0.25, 0.3) is 0 Å². The zero-order valence-corrected chi connectivity index (χ0v) is 17.8. The van der Waals surface area contributed by atoms with Gasteiger partial charge in [-0.15, -0.1) is 0 Å². The van der Waals surface area contributed by atoms with Gasteiger partial charge in [-0.3, -0.25) is 4.99 Å². The second-order valence-corrected chi connectivity index (χ2v) is 7.47. The summed E-state index contributed by atoms with van der Waals surface area (Å²) in [5.74, 6) is 2.66. The van der Waals surface area contributed by atoms with Gasteiger partial charge in [0.2, 0.25) is 5.95 Å². The summed E-state index contributed by atoms with van der Waals surface area (Å²) in [5.41, 5.74) is 2.22. The van der Waals surface area contributed by atoms with Gasteiger partial charge in [0.15, 0.2) is 5.96 Å². The average molecular weight is 405 g/mol. The molecule has 1 aromatic carbocycles. The largest absolute Gasteiger partial charge is 0.363 e. The Morgan fingerprint density at radius 1 is 1.07 bits per heavy atom. The van der Waals surface area contributed by atoms with Crippen molar-refractivity contribution in [1.82, 2.24) is 25.2 Å². The Hall–Kier alpha value is -3.42. The molecule has 1 N–H and O–H groups in total. The molecule has 2 aromatic heterocycles. The lowest BCUT2D eigenvalue weighted by atomic mass is 10.1. The van der Waals surface area contributed by atoms with E-state index in [1.165, 1.54) is 5.56 Å². The van der Waals surface area contributed by atoms with Gasteiger partial charge in [0, 0.05) is 71.6 Å². The van der Waals surface area contributed by atoms with Crippen LogP contribution in [0.25, 0.3) is 10.9 Å². The molecule has 1 aliphatic heterocycles. The van der Waals surface area contributed by atoms with Crippen LogP contribution in [-0.4, -0.2) is 73.1 Å². The maximum Gasteiger partial charge on any atom is 0.225 e. The molecule has 0 unspecified atom stereocenters. The number of hydrogen-bond acceptors (Lipinski definition) is 6. The first-order valence-electron chi connectivity index (χ1n) is 10.2. The number of aromatic nitrogens is 3. The summed E-state index contributed by atoms with van der Waals surface area (Å²) in [6, 6.07) is 12.3. The Morgan fingerprint density at radius 2 is 1.80 bits per heavy atom. The van der Waals surface area contributed by atoms with E-state index in [2.05, 4.69) is 54.3 Å². The minimum atomic E-state index is 0.693. The Balaban J connectivity index is 1.44. The van der Waals surface area contributed by atoms with E-state index in [1.54, 1.807) is 12.4 Å². The predicted molar refractivity (Wildman–Crippen MR) is 122 cm³/mol. The Bertz CT molecular complexity index is 1010. The molecule has 3 heterocycles. The summed E-state index contributed by atoms with van der Waals surface area (Å²) in [4.78, 5) is 24.5. The third-order valence-electron chi connectivity index (χ3n) is 5.31. The molecular formula is C22H28N8. The molecule has 1 saturated heterocycles. The molecule has 0 radical (unpaired) electrons. The summed E-state index contributed by atoms with van der Waals surface area (Å²) in [7, 11) is 5.87. The van der Waals surface area contributed by atoms with Crippen LogP contribution in [0.5, 0.6) is 0 Å². The zero-order valence-electron chi connectivity index (χ0n) is 17.8. The molecule has 4 rings (SSSR count). The van der Waals surface area contributed by atoms with Crippen molar-refractivity contribution in [3.05, 3.63) is 54.4 Å². The summed E-state index contributed by atoms with van der Waals surface area (Å²) in [6.45, 7) is 4.18. The van der Waals surface area contributed by atoms with Crippen LogP contribution < -0.4 is 15.1 Å². The molecular weight excluding hydrogens is 376 g/mol. The standard InChI is InChI=1S/C22H28N8/c1-23-21(29-11-13-30(14-12-29)22-24-9-6-10-25-22)26-16-17-15-20(28(2)3)27-19-8-5-4-7-18(17)19/h4-10,15H,11-14,16H2,1-3H3,(H,23,26). The summed E-state index contributed by atoms with van der Waals surface area (Å²) in [6.07, 6.45) is 3.58. The smallest absolute Gasteiger partial charge is 0.225 e. The quantitative estimate of drug-likeness (QED) is 0.527. The van der Waals surface area contributed by atoms with Gasteiger partial charge >= 0.3 is 0 Å². The highest BCUT2D eigenvalue weighted by Gasteiger charge is 2.21. The molecule has 8 nitrogen and oxygen atoms in total. The number of para-hydroxylation sites is 1. The van der Waals surface area contributed by atoms with Gasteiger partial charge < -0.3 is 20.0 Å². The van der Waals surface area contributed by atoms with Gasteiger partial charge in [-0.1, -0.05) is 18.2 Å². The van der Waals surface area contributed by atoms with Crippen LogP contribution >= 0.6 is 0 Å². The number of piperazine rings is 1. The van der Waals surface area contributed by atoms with Crippen molar-refractivity contribution in [1.29, 1.82) is 0 Å². The van der Waals surface area contributed by atoms with E-state index in [-0.39, 0.29) is 0 Å². The van der Waals surface area contributed by atoms with Gasteiger partial charge in [-0.05, 0) is 23.8 Å². The number of hydrogen-bond donors (Lipinski definition) is 1. The number of rotatable bonds is 4. The molecule has 0 spiro atoms. The van der Waals surface area contributed by atoms with Crippen LogP contribution in [0.15, 0.2) is 53.8 Å². The van der Waals surface area contributed by atoms with Crippen LogP contribution in [-0.2, 0) is 6.54 Å². The second kappa shape index (κ2) is 8.94. The van der Waals surface area contributed by atoms with Crippen molar-refractivity contribution in [3.63, 3.8) is 0 Å². The topological polar surface area (TPSA) is 72.8 Å². The van der Waals surface area contributed by atoms with E-state index in [0.717, 1.165) is 54.8 Å². The minimum Gasteiger partial charge on any atom is -0.363 e. The molecule has 1 fully saturated rings. The molecule has 3 aromatic rings. The number of nitrogens with zero attached hydrogens (tertiary/aromatic N) is 7. The second-order valence-electron chi connectivity index (χ2n) is 7.47. The molecule has 30 heavy (non-hydrogen) atoms. The fourth-order valence-corrected chi connectivity index (χ4v) is 3.69. The molecule has 0 bridgehead atoms. The SMILES string of the molecule is CN=C(NCc1cc(N(C)C)nc2ccccc12)N1CCN(c2ncccn2)CC1. The van der Waals surface area contributed by atoms with Crippen molar-refractivity contribution in [2.45, 2.75) is 6.54 Å². The highest BCUT2D eigenvalue weighted by Crippen LogP contribution is 2.22. The Labute approximate surface area is 177 Å². The minimum absolute atomic E-state index is 0.693. The predicted octanol–water partition coefficient (Wildman–Crippen LogP) is 1.99. The normalized spacial score (nSPS) is 14.8. The van der Waals surface area contributed by atoms with Gasteiger partial charge in [0.1, 0.15) is 5.82 Å². The van der Waals surface area contributed by atoms with Crippen molar-refractivity contribution in [2.75, 3.05) is 57.1 Å². The first kappa shape index (κ1) is 19.9. The van der Waals surface area contributed by atoms with E-state index < -0.39 is 0 Å². The molecule has 0 aliphatic carbocycles. The fourth-order valence-electron chi connectivity index (χ4n) is 3.69. The number of anilines is 2. The Morgan fingerprint density at radius 3 is 2.50 bits per heavy atom. The van der Waals surface area contributed by atoms with Crippen LogP contribution in [0.3, 0.4) is 0 Å². The lowest BCUT2D eigenvalue weighted by Crippen LogP contribution is -2.52. The Kier molecular flexibility index (Phi) is 5.92. The van der Waals surface area contributed by atoms with Crippen LogP contribution in [0.2, 0.25) is 0 Å². The number of benzene rings is 1. The maximum absolute atomic E-state index is 4.75. The number of fused-ring (bicyclic) bond motifs is 1. The van der Waals surface area contributed by atoms with Crippen LogP contribution in [0, 0.1) is 0 Å². The number of nitrogens with one attached hydrogen (secondary N) is 1. The van der Waals surface area contributed by atoms with E-state index >= 15 is 0 Å². The van der Waals surface area contributed by atoms with Gasteiger partial charge in [-0.2, -0.15) is 0 Å². The van der Waals surface area contributed by atoms with Crippen LogP contribution in [0.1, 0.15) is 5.56 Å². The number of guanidine groups is 1. The third-order valence-corrected chi connectivity index (χ3v) is 5.31. The first-order valence-corrected chi connectivity index (χ1v) is 10.2. The number of aliphatic imine (C=N–C) groups is 1. The molecule has 156 valence electrons. The first-order chi connectivity index (χ1) is 14.7. The van der Waals surface area contributed by atoms with E-state index in [1.807, 2.05) is 38.2 Å². The molecule has 8 heteroatoms. The highest BCUT2D eigenvalue weighted by atomic mass is 15.4. The van der Waals surface area contributed by atoms with Crippen molar-refractivity contribution in [2.24, 2.45) is 4.99 Å². The molecule has 0 atom stereocenters. The van der Waals surface area contributed by atoms with Crippen molar-refractivity contribution >= 4 is 28.6 Å². The average Bonchev–Trinajstić information content (AvgIpc) is 2.80. The summed E-state index contributed by atoms with van der Waals surface area (Å²) >= 11 is 0. The van der Waals surface area contributed by atoms with E-state index in [4.69, 9.17) is 4.98 Å².